The lowest BCUT2D eigenvalue weighted by atomic mass is 9.89. The minimum Gasteiger partial charge on any atom is -0.161 e. The van der Waals surface area contributed by atoms with Crippen LogP contribution in [0.5, 0.6) is 0 Å². The maximum atomic E-state index is 2.37. The highest BCUT2D eigenvalue weighted by Gasteiger charge is 2.35. The molecule has 4 heterocycles. The van der Waals surface area contributed by atoms with E-state index in [1.54, 1.807) is 0 Å². The Balaban J connectivity index is 0.952. The van der Waals surface area contributed by atoms with Crippen molar-refractivity contribution >= 4 is 106 Å². The standard InChI is InChI=1S/C26H42S9/c1-17(2-20(29-10-24-14-33-24)5-19(1)28-9-23-13-32-23)7-27-8-18-3-21(30-11-25-15-34-25)6-22(4-18)31-12-26-16-35-26/h17-26H,1-16H2. The molecule has 35 heavy (non-hydrogen) atoms. The smallest absolute Gasteiger partial charge is 0.0229 e. The van der Waals surface area contributed by atoms with Crippen molar-refractivity contribution in [1.29, 1.82) is 0 Å². The van der Waals surface area contributed by atoms with Crippen LogP contribution in [-0.2, 0) is 0 Å². The van der Waals surface area contributed by atoms with E-state index in [1.807, 2.05) is 0 Å². The van der Waals surface area contributed by atoms with Crippen LogP contribution >= 0.6 is 106 Å². The highest BCUT2D eigenvalue weighted by molar-refractivity contribution is 8.10. The third kappa shape index (κ3) is 10.8. The molecule has 0 aromatic rings. The van der Waals surface area contributed by atoms with E-state index in [-0.39, 0.29) is 0 Å². The summed E-state index contributed by atoms with van der Waals surface area (Å²) < 4.78 is 0. The van der Waals surface area contributed by atoms with Gasteiger partial charge in [0.05, 0.1) is 0 Å². The summed E-state index contributed by atoms with van der Waals surface area (Å²) >= 11 is 20.5. The molecule has 0 amide bonds. The molecular weight excluding hydrogens is 601 g/mol. The van der Waals surface area contributed by atoms with Crippen LogP contribution < -0.4 is 0 Å². The summed E-state index contributed by atoms with van der Waals surface area (Å²) in [5, 5.41) is 7.83. The van der Waals surface area contributed by atoms with Crippen molar-refractivity contribution in [3.63, 3.8) is 0 Å². The molecule has 6 rings (SSSR count). The summed E-state index contributed by atoms with van der Waals surface area (Å²) in [7, 11) is 0. The van der Waals surface area contributed by atoms with Crippen molar-refractivity contribution in [1.82, 2.24) is 0 Å². The first kappa shape index (κ1) is 28.3. The summed E-state index contributed by atoms with van der Waals surface area (Å²) in [5.74, 6) is 16.4. The minimum atomic E-state index is 0.955. The van der Waals surface area contributed by atoms with Crippen molar-refractivity contribution in [3.8, 4) is 0 Å². The molecule has 2 aliphatic carbocycles. The summed E-state index contributed by atoms with van der Waals surface area (Å²) in [6.45, 7) is 0. The van der Waals surface area contributed by atoms with E-state index in [9.17, 15) is 0 Å². The lowest BCUT2D eigenvalue weighted by Crippen LogP contribution is -2.30. The third-order valence-corrected chi connectivity index (χ3v) is 19.8. The summed E-state index contributed by atoms with van der Waals surface area (Å²) in [6, 6.07) is 0. The topological polar surface area (TPSA) is 0 Å². The van der Waals surface area contributed by atoms with Gasteiger partial charge in [-0.2, -0.15) is 106 Å². The molecule has 200 valence electrons. The van der Waals surface area contributed by atoms with Crippen molar-refractivity contribution in [2.75, 3.05) is 57.5 Å². The monoisotopic (exact) mass is 642 g/mol. The number of rotatable bonds is 16. The molecule has 6 aliphatic rings. The second kappa shape index (κ2) is 14.4. The fourth-order valence-corrected chi connectivity index (χ4v) is 16.7. The summed E-state index contributed by atoms with van der Waals surface area (Å²) in [4.78, 5) is 0. The molecule has 4 aliphatic heterocycles. The molecule has 2 saturated carbocycles. The Bertz CT molecular complexity index is 547. The maximum Gasteiger partial charge on any atom is 0.0229 e. The van der Waals surface area contributed by atoms with Gasteiger partial charge in [0.1, 0.15) is 0 Å². The largest absolute Gasteiger partial charge is 0.161 e. The van der Waals surface area contributed by atoms with Crippen LogP contribution in [0.3, 0.4) is 0 Å². The van der Waals surface area contributed by atoms with Crippen molar-refractivity contribution in [2.24, 2.45) is 11.8 Å². The van der Waals surface area contributed by atoms with E-state index in [1.165, 1.54) is 96.1 Å². The zero-order valence-corrected chi connectivity index (χ0v) is 28.1. The molecule has 0 radical (unpaired) electrons. The fourth-order valence-electron chi connectivity index (χ4n) is 5.50. The Morgan fingerprint density at radius 2 is 0.686 bits per heavy atom. The zero-order chi connectivity index (χ0) is 23.5. The van der Waals surface area contributed by atoms with Gasteiger partial charge in [-0.3, -0.25) is 0 Å². The van der Waals surface area contributed by atoms with Crippen molar-refractivity contribution < 1.29 is 0 Å². The van der Waals surface area contributed by atoms with E-state index < -0.39 is 0 Å². The average molecular weight is 643 g/mol. The molecule has 4 saturated heterocycles. The van der Waals surface area contributed by atoms with Gasteiger partial charge >= 0.3 is 0 Å². The molecular formula is C26H42S9. The molecule has 0 aromatic heterocycles. The van der Waals surface area contributed by atoms with E-state index in [0.717, 1.165) is 53.8 Å². The van der Waals surface area contributed by atoms with Gasteiger partial charge in [0.15, 0.2) is 0 Å². The quantitative estimate of drug-likeness (QED) is 0.152. The highest BCUT2D eigenvalue weighted by Crippen LogP contribution is 2.46. The number of hydrogen-bond acceptors (Lipinski definition) is 9. The lowest BCUT2D eigenvalue weighted by Gasteiger charge is -2.36. The predicted octanol–water partition coefficient (Wildman–Crippen LogP) is 8.19. The molecule has 9 heteroatoms. The first-order valence-corrected chi connectivity index (χ1v) is 23.3. The van der Waals surface area contributed by atoms with Gasteiger partial charge in [-0.15, -0.1) is 0 Å². The Kier molecular flexibility index (Phi) is 11.6. The molecule has 6 fully saturated rings. The van der Waals surface area contributed by atoms with Crippen LogP contribution in [0, 0.1) is 11.8 Å². The van der Waals surface area contributed by atoms with Gasteiger partial charge in [0.25, 0.3) is 0 Å². The van der Waals surface area contributed by atoms with Crippen LogP contribution in [0.15, 0.2) is 0 Å². The molecule has 0 bridgehead atoms. The molecule has 8 atom stereocenters. The molecule has 0 nitrogen and oxygen atoms in total. The second-order valence-electron chi connectivity index (χ2n) is 11.3. The van der Waals surface area contributed by atoms with E-state index in [0.29, 0.717) is 0 Å². The number of thioether (sulfide) groups is 9. The first-order chi connectivity index (χ1) is 17.2. The van der Waals surface area contributed by atoms with Gasteiger partial charge in [0, 0.05) is 88.0 Å². The summed E-state index contributed by atoms with van der Waals surface area (Å²) in [5.41, 5.74) is 0. The molecule has 0 aromatic carbocycles. The van der Waals surface area contributed by atoms with Gasteiger partial charge in [-0.25, -0.2) is 0 Å². The van der Waals surface area contributed by atoms with Crippen LogP contribution in [0.1, 0.15) is 38.5 Å². The fraction of sp³-hybridized carbons (Fsp3) is 1.00. The molecule has 0 N–H and O–H groups in total. The molecule has 0 spiro atoms. The summed E-state index contributed by atoms with van der Waals surface area (Å²) in [6.07, 6.45) is 9.08. The SMILES string of the molecule is C(SCC1CC(SCC2CS2)CC(SCC2CS2)C1)C1CC(SCC2CS2)CC(SCC2CS2)C1. The average Bonchev–Trinajstić information content (AvgIpc) is 3.72. The van der Waals surface area contributed by atoms with Gasteiger partial charge < -0.3 is 0 Å². The number of hydrogen-bond donors (Lipinski definition) is 0. The van der Waals surface area contributed by atoms with Gasteiger partial charge in [-0.1, -0.05) is 0 Å². The Morgan fingerprint density at radius 3 is 0.943 bits per heavy atom. The Labute approximate surface area is 253 Å². The van der Waals surface area contributed by atoms with E-state index in [4.69, 9.17) is 0 Å². The van der Waals surface area contributed by atoms with Crippen LogP contribution in [0.2, 0.25) is 0 Å². The molecule has 8 unspecified atom stereocenters. The van der Waals surface area contributed by atoms with Crippen LogP contribution in [0.25, 0.3) is 0 Å². The predicted molar refractivity (Wildman–Crippen MR) is 182 cm³/mol. The minimum absolute atomic E-state index is 0.955. The maximum absolute atomic E-state index is 2.37. The van der Waals surface area contributed by atoms with E-state index >= 15 is 0 Å². The van der Waals surface area contributed by atoms with Gasteiger partial charge in [-0.05, 0) is 61.9 Å². The highest BCUT2D eigenvalue weighted by atomic mass is 32.2. The van der Waals surface area contributed by atoms with Crippen molar-refractivity contribution in [3.05, 3.63) is 0 Å². The zero-order valence-electron chi connectivity index (χ0n) is 20.8. The van der Waals surface area contributed by atoms with Gasteiger partial charge in [0.2, 0.25) is 0 Å². The normalized spacial score (nSPS) is 44.2. The van der Waals surface area contributed by atoms with Crippen LogP contribution in [-0.4, -0.2) is 99.5 Å². The van der Waals surface area contributed by atoms with E-state index in [2.05, 4.69) is 106 Å². The lowest BCUT2D eigenvalue weighted by molar-refractivity contribution is 0.401. The Hall–Kier alpha value is 3.15. The second-order valence-corrected chi connectivity index (χ2v) is 23.1. The first-order valence-electron chi connectivity index (χ1n) is 13.8. The van der Waals surface area contributed by atoms with Crippen molar-refractivity contribution in [2.45, 2.75) is 80.5 Å². The third-order valence-electron chi connectivity index (χ3n) is 7.82. The van der Waals surface area contributed by atoms with Crippen LogP contribution in [0.4, 0.5) is 0 Å². The Morgan fingerprint density at radius 1 is 0.400 bits per heavy atom.